The number of methoxy groups -OCH3 is 1. The fourth-order valence-electron chi connectivity index (χ4n) is 4.56. The number of benzene rings is 2. The molecular weight excluding hydrogens is 499 g/mol. The van der Waals surface area contributed by atoms with Crippen LogP contribution in [-0.4, -0.2) is 73.1 Å². The highest BCUT2D eigenvalue weighted by Crippen LogP contribution is 2.30. The Morgan fingerprint density at radius 2 is 1.95 bits per heavy atom. The highest BCUT2D eigenvalue weighted by atomic mass is 35.5. The monoisotopic (exact) mass is 528 g/mol. The Bertz CT molecular complexity index is 1270. The van der Waals surface area contributed by atoms with Gasteiger partial charge in [-0.05, 0) is 36.8 Å². The van der Waals surface area contributed by atoms with E-state index >= 15 is 0 Å². The van der Waals surface area contributed by atoms with Crippen molar-refractivity contribution in [3.63, 3.8) is 0 Å². The average molecular weight is 529 g/mol. The van der Waals surface area contributed by atoms with Crippen molar-refractivity contribution in [3.8, 4) is 5.69 Å². The fraction of sp³-hybridized carbons (Fsp3) is 0.346. The van der Waals surface area contributed by atoms with Gasteiger partial charge in [0.1, 0.15) is 11.6 Å². The van der Waals surface area contributed by atoms with E-state index in [1.165, 1.54) is 23.9 Å². The molecule has 0 saturated carbocycles. The Labute approximate surface area is 219 Å². The van der Waals surface area contributed by atoms with E-state index < -0.39 is 11.8 Å². The van der Waals surface area contributed by atoms with Crippen LogP contribution in [0.5, 0.6) is 0 Å². The number of hydrogen-bond acceptors (Lipinski definition) is 5. The quantitative estimate of drug-likeness (QED) is 0.415. The molecule has 1 unspecified atom stereocenters. The van der Waals surface area contributed by atoms with Gasteiger partial charge < -0.3 is 15.4 Å². The lowest BCUT2D eigenvalue weighted by molar-refractivity contribution is 0.0957. The Morgan fingerprint density at radius 1 is 1.19 bits per heavy atom. The molecule has 2 atom stereocenters. The Hall–Kier alpha value is -3.47. The van der Waals surface area contributed by atoms with Gasteiger partial charge in [-0.1, -0.05) is 35.9 Å². The zero-order chi connectivity index (χ0) is 26.5. The van der Waals surface area contributed by atoms with Crippen LogP contribution in [-0.2, 0) is 4.74 Å². The summed E-state index contributed by atoms with van der Waals surface area (Å²) in [6.45, 7) is 4.13. The molecule has 2 heterocycles. The summed E-state index contributed by atoms with van der Waals surface area (Å²) in [5, 5.41) is 13.0. The Kier molecular flexibility index (Phi) is 8.42. The highest BCUT2D eigenvalue weighted by Gasteiger charge is 2.35. The number of rotatable bonds is 8. The fourth-order valence-corrected chi connectivity index (χ4v) is 4.68. The number of amides is 3. The number of hydrogen-bond donors (Lipinski definition) is 3. The summed E-state index contributed by atoms with van der Waals surface area (Å²) in [6.07, 6.45) is 0. The lowest BCUT2D eigenvalue weighted by atomic mass is 9.94. The van der Waals surface area contributed by atoms with Crippen molar-refractivity contribution in [1.29, 1.82) is 0 Å². The predicted molar refractivity (Wildman–Crippen MR) is 140 cm³/mol. The second-order valence-electron chi connectivity index (χ2n) is 8.89. The Balaban J connectivity index is 1.59. The molecule has 9 nitrogen and oxygen atoms in total. The Morgan fingerprint density at radius 3 is 2.62 bits per heavy atom. The SMILES string of the molecule is CNC(=O)c1nn(-c2ccccc2)c(NC(=O)N[C@@H]2CN(CCOC)CC2c2ccc(Cl)c(F)c2)c1C. The molecule has 3 amide bonds. The summed E-state index contributed by atoms with van der Waals surface area (Å²) >= 11 is 5.89. The van der Waals surface area contributed by atoms with Crippen molar-refractivity contribution < 1.29 is 18.7 Å². The number of para-hydroxylation sites is 1. The molecule has 1 fully saturated rings. The minimum atomic E-state index is -0.498. The van der Waals surface area contributed by atoms with Crippen molar-refractivity contribution in [3.05, 3.63) is 76.2 Å². The van der Waals surface area contributed by atoms with Gasteiger partial charge in [0, 0.05) is 45.3 Å². The molecule has 0 radical (unpaired) electrons. The van der Waals surface area contributed by atoms with Crippen molar-refractivity contribution >= 4 is 29.4 Å². The van der Waals surface area contributed by atoms with Gasteiger partial charge in [-0.3, -0.25) is 15.0 Å². The number of urea groups is 1. The maximum absolute atomic E-state index is 14.2. The first-order valence-electron chi connectivity index (χ1n) is 11.9. The average Bonchev–Trinajstić information content (AvgIpc) is 3.45. The molecule has 1 aliphatic rings. The van der Waals surface area contributed by atoms with Crippen LogP contribution in [0.1, 0.15) is 27.5 Å². The van der Waals surface area contributed by atoms with Gasteiger partial charge in [-0.2, -0.15) is 5.10 Å². The van der Waals surface area contributed by atoms with E-state index in [2.05, 4.69) is 25.9 Å². The van der Waals surface area contributed by atoms with E-state index in [0.717, 1.165) is 5.56 Å². The van der Waals surface area contributed by atoms with Gasteiger partial charge in [0.25, 0.3) is 5.91 Å². The molecule has 0 spiro atoms. The summed E-state index contributed by atoms with van der Waals surface area (Å²) < 4.78 is 21.0. The van der Waals surface area contributed by atoms with Gasteiger partial charge in [-0.25, -0.2) is 13.9 Å². The normalized spacial score (nSPS) is 17.5. The van der Waals surface area contributed by atoms with Crippen LogP contribution in [0.4, 0.5) is 15.0 Å². The number of nitrogens with zero attached hydrogens (tertiary/aromatic N) is 3. The maximum atomic E-state index is 14.2. The molecule has 1 saturated heterocycles. The highest BCUT2D eigenvalue weighted by molar-refractivity contribution is 6.30. The van der Waals surface area contributed by atoms with E-state index in [-0.39, 0.29) is 28.6 Å². The molecule has 0 bridgehead atoms. The smallest absolute Gasteiger partial charge is 0.320 e. The topological polar surface area (TPSA) is 101 Å². The standard InChI is InChI=1S/C26H30ClFN6O3/c1-16-23(25(35)29-2)32-34(18-7-5-4-6-8-18)24(16)31-26(36)30-22-15-33(11-12-37-3)14-19(22)17-9-10-20(27)21(28)13-17/h4-10,13,19,22H,11-12,14-15H2,1-3H3,(H,29,35)(H2,30,31,36)/t19?,22-/m1/s1. The van der Waals surface area contributed by atoms with Crippen molar-refractivity contribution in [2.24, 2.45) is 0 Å². The first kappa shape index (κ1) is 26.6. The maximum Gasteiger partial charge on any atom is 0.320 e. The number of nitrogens with one attached hydrogen (secondary N) is 3. The van der Waals surface area contributed by atoms with E-state index in [9.17, 15) is 14.0 Å². The molecule has 3 aromatic rings. The number of likely N-dealkylation sites (tertiary alicyclic amines) is 1. The minimum Gasteiger partial charge on any atom is -0.383 e. The van der Waals surface area contributed by atoms with Gasteiger partial charge in [0.2, 0.25) is 0 Å². The number of aromatic nitrogens is 2. The summed E-state index contributed by atoms with van der Waals surface area (Å²) in [7, 11) is 3.16. The van der Waals surface area contributed by atoms with Crippen LogP contribution < -0.4 is 16.0 Å². The molecule has 0 aliphatic carbocycles. The first-order chi connectivity index (χ1) is 17.8. The van der Waals surface area contributed by atoms with Gasteiger partial charge >= 0.3 is 6.03 Å². The largest absolute Gasteiger partial charge is 0.383 e. The number of halogens is 2. The summed E-state index contributed by atoms with van der Waals surface area (Å²) in [4.78, 5) is 27.8. The summed E-state index contributed by atoms with van der Waals surface area (Å²) in [5.41, 5.74) is 2.18. The van der Waals surface area contributed by atoms with Crippen LogP contribution in [0.25, 0.3) is 5.69 Å². The minimum absolute atomic E-state index is 0.0526. The molecule has 4 rings (SSSR count). The zero-order valence-corrected chi connectivity index (χ0v) is 21.7. The van der Waals surface area contributed by atoms with E-state index in [1.807, 2.05) is 30.3 Å². The van der Waals surface area contributed by atoms with Crippen LogP contribution in [0, 0.1) is 12.7 Å². The lowest BCUT2D eigenvalue weighted by Crippen LogP contribution is -2.42. The van der Waals surface area contributed by atoms with E-state index in [1.54, 1.807) is 20.1 Å². The van der Waals surface area contributed by atoms with Gasteiger partial charge in [0.05, 0.1) is 23.4 Å². The number of ether oxygens (including phenoxy) is 1. The molecule has 37 heavy (non-hydrogen) atoms. The van der Waals surface area contributed by atoms with E-state index in [4.69, 9.17) is 16.3 Å². The molecule has 2 aromatic carbocycles. The predicted octanol–water partition coefficient (Wildman–Crippen LogP) is 3.57. The van der Waals surface area contributed by atoms with Crippen LogP contribution in [0.3, 0.4) is 0 Å². The second-order valence-corrected chi connectivity index (χ2v) is 9.29. The van der Waals surface area contributed by atoms with E-state index in [0.29, 0.717) is 43.3 Å². The van der Waals surface area contributed by atoms with Gasteiger partial charge in [-0.15, -0.1) is 0 Å². The summed E-state index contributed by atoms with van der Waals surface area (Å²) in [6, 6.07) is 13.2. The third-order valence-corrected chi connectivity index (χ3v) is 6.80. The molecule has 196 valence electrons. The van der Waals surface area contributed by atoms with Gasteiger partial charge in [0.15, 0.2) is 5.69 Å². The zero-order valence-electron chi connectivity index (χ0n) is 20.9. The third-order valence-electron chi connectivity index (χ3n) is 6.49. The van der Waals surface area contributed by atoms with Crippen LogP contribution in [0.15, 0.2) is 48.5 Å². The van der Waals surface area contributed by atoms with Crippen molar-refractivity contribution in [2.75, 3.05) is 45.7 Å². The molecule has 11 heteroatoms. The number of carbonyl (C=O) groups excluding carboxylic acids is 2. The van der Waals surface area contributed by atoms with Crippen molar-refractivity contribution in [2.45, 2.75) is 18.9 Å². The molecule has 1 aliphatic heterocycles. The molecule has 1 aromatic heterocycles. The summed E-state index contributed by atoms with van der Waals surface area (Å²) in [5.74, 6) is -0.631. The number of anilines is 1. The first-order valence-corrected chi connectivity index (χ1v) is 12.3. The number of carbonyl (C=O) groups is 2. The van der Waals surface area contributed by atoms with Crippen LogP contribution >= 0.6 is 11.6 Å². The third kappa shape index (κ3) is 5.93. The van der Waals surface area contributed by atoms with Crippen molar-refractivity contribution in [1.82, 2.24) is 25.3 Å². The van der Waals surface area contributed by atoms with Crippen LogP contribution in [0.2, 0.25) is 5.02 Å². The second kappa shape index (κ2) is 11.7. The molecular formula is C26H30ClFN6O3. The lowest BCUT2D eigenvalue weighted by Gasteiger charge is -2.21. The molecule has 3 N–H and O–H groups in total.